The van der Waals surface area contributed by atoms with E-state index in [2.05, 4.69) is 0 Å². The molecule has 0 radical (unpaired) electrons. The maximum Gasteiger partial charge on any atom is 0.338 e. The molecule has 4 heterocycles. The third kappa shape index (κ3) is 3.22. The number of aromatic nitrogens is 1. The lowest BCUT2D eigenvalue weighted by Gasteiger charge is -2.25. The summed E-state index contributed by atoms with van der Waals surface area (Å²) >= 11 is 3.99. The minimum Gasteiger partial charge on any atom is -0.466 e. The number of methoxy groups -OCH3 is 2. The Kier molecular flexibility index (Phi) is 5.46. The van der Waals surface area contributed by atoms with Crippen molar-refractivity contribution in [1.82, 2.24) is 4.57 Å². The van der Waals surface area contributed by atoms with Crippen LogP contribution in [0.5, 0.6) is 0 Å². The lowest BCUT2D eigenvalue weighted by atomic mass is 9.88. The Balaban J connectivity index is 2.14. The van der Waals surface area contributed by atoms with Gasteiger partial charge >= 0.3 is 11.9 Å². The molecular formula is C20H16N2O5S3. The normalized spacial score (nSPS) is 16.5. The van der Waals surface area contributed by atoms with E-state index in [9.17, 15) is 14.4 Å². The second kappa shape index (κ2) is 8.05. The highest BCUT2D eigenvalue weighted by Crippen LogP contribution is 2.39. The third-order valence-electron chi connectivity index (χ3n) is 4.60. The predicted octanol–water partition coefficient (Wildman–Crippen LogP) is 1.28. The summed E-state index contributed by atoms with van der Waals surface area (Å²) in [5, 5.41) is 3.74. The van der Waals surface area contributed by atoms with E-state index >= 15 is 0 Å². The summed E-state index contributed by atoms with van der Waals surface area (Å²) in [7, 11) is 2.49. The number of hydrogen-bond donors (Lipinski definition) is 1. The molecule has 0 bridgehead atoms. The van der Waals surface area contributed by atoms with Gasteiger partial charge in [0.2, 0.25) is 0 Å². The number of rotatable bonds is 4. The van der Waals surface area contributed by atoms with E-state index in [1.807, 2.05) is 29.0 Å². The van der Waals surface area contributed by atoms with Crippen LogP contribution in [0.3, 0.4) is 0 Å². The lowest BCUT2D eigenvalue weighted by Crippen LogP contribution is -2.41. The first-order chi connectivity index (χ1) is 14.5. The van der Waals surface area contributed by atoms with E-state index in [-0.39, 0.29) is 17.0 Å². The van der Waals surface area contributed by atoms with Gasteiger partial charge in [-0.1, -0.05) is 12.1 Å². The number of hydrogen-bond acceptors (Lipinski definition) is 9. The Morgan fingerprint density at radius 3 is 2.33 bits per heavy atom. The molecule has 10 heteroatoms. The predicted molar refractivity (Wildman–Crippen MR) is 118 cm³/mol. The van der Waals surface area contributed by atoms with Crippen LogP contribution in [0.1, 0.15) is 15.7 Å². The van der Waals surface area contributed by atoms with Crippen molar-refractivity contribution >= 4 is 63.4 Å². The molecule has 0 aliphatic carbocycles. The van der Waals surface area contributed by atoms with Crippen molar-refractivity contribution in [2.24, 2.45) is 5.73 Å². The van der Waals surface area contributed by atoms with Gasteiger partial charge in [0.15, 0.2) is 0 Å². The first kappa shape index (κ1) is 20.3. The zero-order valence-corrected chi connectivity index (χ0v) is 18.4. The van der Waals surface area contributed by atoms with Crippen LogP contribution >= 0.6 is 34.0 Å². The highest BCUT2D eigenvalue weighted by atomic mass is 32.1. The van der Waals surface area contributed by atoms with Gasteiger partial charge in [-0.05, 0) is 29.0 Å². The van der Waals surface area contributed by atoms with Crippen molar-refractivity contribution in [3.63, 3.8) is 0 Å². The monoisotopic (exact) mass is 460 g/mol. The molecule has 1 aliphatic heterocycles. The Hall–Kier alpha value is -2.95. The third-order valence-corrected chi connectivity index (χ3v) is 7.47. The lowest BCUT2D eigenvalue weighted by molar-refractivity contribution is -0.136. The number of nitrogens with zero attached hydrogens (tertiary/aromatic N) is 1. The molecule has 0 saturated carbocycles. The van der Waals surface area contributed by atoms with Crippen LogP contribution in [-0.4, -0.2) is 30.7 Å². The van der Waals surface area contributed by atoms with Crippen LogP contribution in [0.4, 0.5) is 0 Å². The van der Waals surface area contributed by atoms with E-state index in [0.717, 1.165) is 21.1 Å². The molecule has 1 aliphatic rings. The van der Waals surface area contributed by atoms with Crippen molar-refractivity contribution < 1.29 is 19.1 Å². The van der Waals surface area contributed by atoms with Gasteiger partial charge in [-0.2, -0.15) is 0 Å². The molecule has 4 rings (SSSR count). The molecule has 0 fully saturated rings. The number of ether oxygens (including phenoxy) is 2. The van der Waals surface area contributed by atoms with Crippen molar-refractivity contribution in [1.29, 1.82) is 0 Å². The molecule has 2 N–H and O–H groups in total. The largest absolute Gasteiger partial charge is 0.466 e. The molecule has 30 heavy (non-hydrogen) atoms. The average molecular weight is 461 g/mol. The summed E-state index contributed by atoms with van der Waals surface area (Å²) in [6, 6.07) is 7.37. The van der Waals surface area contributed by atoms with Crippen LogP contribution in [-0.2, 0) is 19.1 Å². The first-order valence-electron chi connectivity index (χ1n) is 8.69. The zero-order valence-electron chi connectivity index (χ0n) is 15.9. The van der Waals surface area contributed by atoms with Gasteiger partial charge in [-0.15, -0.1) is 34.0 Å². The molecule has 0 spiro atoms. The fraction of sp³-hybridized carbons (Fsp3) is 0.150. The minimum atomic E-state index is -0.794. The number of esters is 2. The van der Waals surface area contributed by atoms with Gasteiger partial charge in [0.1, 0.15) is 10.5 Å². The molecular weight excluding hydrogens is 444 g/mol. The van der Waals surface area contributed by atoms with Gasteiger partial charge in [0.05, 0.1) is 35.8 Å². The van der Waals surface area contributed by atoms with Crippen LogP contribution < -0.4 is 20.5 Å². The maximum absolute atomic E-state index is 13.2. The molecule has 154 valence electrons. The number of thiophene rings is 2. The topological polar surface area (TPSA) is 101 Å². The van der Waals surface area contributed by atoms with Gasteiger partial charge in [-0.3, -0.25) is 9.36 Å². The van der Waals surface area contributed by atoms with E-state index in [0.29, 0.717) is 9.20 Å². The van der Waals surface area contributed by atoms with Gasteiger partial charge in [0, 0.05) is 9.75 Å². The zero-order chi connectivity index (χ0) is 21.4. The van der Waals surface area contributed by atoms with Crippen molar-refractivity contribution in [3.05, 3.63) is 69.9 Å². The minimum absolute atomic E-state index is 0.0374. The summed E-state index contributed by atoms with van der Waals surface area (Å²) in [6.07, 6.45) is 1.74. The van der Waals surface area contributed by atoms with E-state index in [1.165, 1.54) is 41.5 Å². The van der Waals surface area contributed by atoms with Crippen LogP contribution in [0, 0.1) is 0 Å². The SMILES string of the molecule is COC(=O)C1=C(N)n2c(s/c(=C\c3cccs3)c2=O)=C(C(=O)OC)[C@H]1c1cccs1. The second-order valence-electron chi connectivity index (χ2n) is 6.22. The summed E-state index contributed by atoms with van der Waals surface area (Å²) in [6.45, 7) is 0. The molecule has 0 aromatic carbocycles. The first-order valence-corrected chi connectivity index (χ1v) is 11.3. The summed E-state index contributed by atoms with van der Waals surface area (Å²) in [5.41, 5.74) is 6.14. The van der Waals surface area contributed by atoms with Gasteiger partial charge < -0.3 is 15.2 Å². The van der Waals surface area contributed by atoms with Crippen LogP contribution in [0.2, 0.25) is 0 Å². The fourth-order valence-corrected chi connectivity index (χ4v) is 6.04. The number of thiazole rings is 1. The van der Waals surface area contributed by atoms with Gasteiger partial charge in [-0.25, -0.2) is 9.59 Å². The second-order valence-corrected chi connectivity index (χ2v) is 9.21. The number of fused-ring (bicyclic) bond motifs is 1. The maximum atomic E-state index is 13.2. The molecule has 3 aromatic rings. The summed E-state index contributed by atoms with van der Waals surface area (Å²) in [4.78, 5) is 40.3. The Morgan fingerprint density at radius 2 is 1.73 bits per heavy atom. The van der Waals surface area contributed by atoms with Crippen molar-refractivity contribution in [2.75, 3.05) is 14.2 Å². The molecule has 0 saturated heterocycles. The quantitative estimate of drug-likeness (QED) is 0.589. The molecule has 7 nitrogen and oxygen atoms in total. The smallest absolute Gasteiger partial charge is 0.338 e. The molecule has 0 unspecified atom stereocenters. The number of carbonyl (C=O) groups is 2. The Bertz CT molecular complexity index is 1330. The average Bonchev–Trinajstić information content (AvgIpc) is 3.50. The Morgan fingerprint density at radius 1 is 1.07 bits per heavy atom. The van der Waals surface area contributed by atoms with Crippen molar-refractivity contribution in [2.45, 2.75) is 5.92 Å². The molecule has 3 aromatic heterocycles. The van der Waals surface area contributed by atoms with E-state index in [4.69, 9.17) is 15.2 Å². The van der Waals surface area contributed by atoms with Crippen molar-refractivity contribution in [3.8, 4) is 0 Å². The van der Waals surface area contributed by atoms with Gasteiger partial charge in [0.25, 0.3) is 5.56 Å². The standard InChI is InChI=1S/C20H16N2O5S3/c1-26-19(24)14-13(11-6-4-8-29-11)15(20(25)27-2)18-22(16(14)21)17(23)12(30-18)9-10-5-3-7-28-10/h3-9,13H,21H2,1-2H3/b12-9-/t13-/m0/s1. The van der Waals surface area contributed by atoms with Crippen LogP contribution in [0.25, 0.3) is 17.5 Å². The highest BCUT2D eigenvalue weighted by Gasteiger charge is 2.40. The molecule has 0 amide bonds. The molecule has 1 atom stereocenters. The summed E-state index contributed by atoms with van der Waals surface area (Å²) in [5.74, 6) is -2.19. The van der Waals surface area contributed by atoms with E-state index in [1.54, 1.807) is 12.1 Å². The number of nitrogens with two attached hydrogens (primary N) is 1. The number of carbonyl (C=O) groups excluding carboxylic acids is 2. The summed E-state index contributed by atoms with van der Waals surface area (Å²) < 4.78 is 11.9. The van der Waals surface area contributed by atoms with E-state index < -0.39 is 23.4 Å². The van der Waals surface area contributed by atoms with Crippen LogP contribution in [0.15, 0.2) is 45.4 Å². The highest BCUT2D eigenvalue weighted by molar-refractivity contribution is 7.11. The Labute approximate surface area is 182 Å². The fourth-order valence-electron chi connectivity index (χ4n) is 3.31.